The maximum atomic E-state index is 12.2. The summed E-state index contributed by atoms with van der Waals surface area (Å²) in [6.45, 7) is 0.353. The first-order valence-electron chi connectivity index (χ1n) is 9.23. The minimum Gasteiger partial charge on any atom is -0.352 e. The Morgan fingerprint density at radius 2 is 1.72 bits per heavy atom. The maximum absolute atomic E-state index is 12.2. The molecule has 0 saturated heterocycles. The molecule has 3 aromatic rings. The number of thioether (sulfide) groups is 1. The summed E-state index contributed by atoms with van der Waals surface area (Å²) < 4.78 is 1.78. The van der Waals surface area contributed by atoms with E-state index < -0.39 is 0 Å². The van der Waals surface area contributed by atoms with E-state index in [1.807, 2.05) is 0 Å². The molecule has 168 valence electrons. The van der Waals surface area contributed by atoms with Crippen LogP contribution < -0.4 is 10.6 Å². The van der Waals surface area contributed by atoms with Gasteiger partial charge in [0.15, 0.2) is 5.16 Å². The second-order valence-electron chi connectivity index (χ2n) is 6.59. The lowest BCUT2D eigenvalue weighted by Gasteiger charge is -2.07. The van der Waals surface area contributed by atoms with E-state index in [2.05, 4.69) is 20.8 Å². The lowest BCUT2D eigenvalue weighted by molar-refractivity contribution is -0.113. The van der Waals surface area contributed by atoms with Crippen LogP contribution in [-0.4, -0.2) is 38.9 Å². The molecule has 3 rings (SSSR count). The number of nitrogens with zero attached hydrogens (tertiary/aromatic N) is 3. The Morgan fingerprint density at radius 3 is 2.41 bits per heavy atom. The van der Waals surface area contributed by atoms with E-state index in [1.165, 1.54) is 17.8 Å². The molecule has 0 spiro atoms. The van der Waals surface area contributed by atoms with Gasteiger partial charge in [-0.1, -0.05) is 58.2 Å². The normalized spacial score (nSPS) is 10.8. The number of anilines is 1. The molecule has 0 bridgehead atoms. The van der Waals surface area contributed by atoms with Gasteiger partial charge < -0.3 is 15.2 Å². The number of halogens is 4. The van der Waals surface area contributed by atoms with Crippen LogP contribution in [0.15, 0.2) is 41.6 Å². The van der Waals surface area contributed by atoms with Gasteiger partial charge >= 0.3 is 0 Å². The molecular weight excluding hydrogens is 516 g/mol. The Morgan fingerprint density at radius 1 is 1.00 bits per heavy atom. The topological polar surface area (TPSA) is 88.9 Å². The second kappa shape index (κ2) is 11.2. The quantitative estimate of drug-likeness (QED) is 0.392. The minimum absolute atomic E-state index is 0.129. The van der Waals surface area contributed by atoms with Gasteiger partial charge in [-0.15, -0.1) is 10.2 Å². The van der Waals surface area contributed by atoms with Crippen LogP contribution in [0.5, 0.6) is 0 Å². The predicted octanol–water partition coefficient (Wildman–Crippen LogP) is 5.13. The number of hydrogen-bond donors (Lipinski definition) is 2. The lowest BCUT2D eigenvalue weighted by Crippen LogP contribution is -2.26. The van der Waals surface area contributed by atoms with Gasteiger partial charge in [-0.2, -0.15) is 0 Å². The summed E-state index contributed by atoms with van der Waals surface area (Å²) in [6.07, 6.45) is 0.463. The third-order valence-electron chi connectivity index (χ3n) is 4.22. The van der Waals surface area contributed by atoms with Crippen molar-refractivity contribution in [3.8, 4) is 0 Å². The number of aromatic nitrogens is 3. The fourth-order valence-electron chi connectivity index (χ4n) is 2.67. The second-order valence-corrected chi connectivity index (χ2v) is 9.22. The van der Waals surface area contributed by atoms with Crippen molar-refractivity contribution >= 4 is 75.7 Å². The number of rotatable bonds is 8. The van der Waals surface area contributed by atoms with Gasteiger partial charge in [-0.3, -0.25) is 9.59 Å². The van der Waals surface area contributed by atoms with Crippen LogP contribution in [0.2, 0.25) is 20.1 Å². The fourth-order valence-corrected chi connectivity index (χ4v) is 4.22. The Balaban J connectivity index is 1.48. The van der Waals surface area contributed by atoms with Crippen molar-refractivity contribution in [2.75, 3.05) is 17.6 Å². The molecule has 1 aromatic heterocycles. The molecule has 0 saturated carbocycles. The van der Waals surface area contributed by atoms with Crippen LogP contribution >= 0.6 is 58.2 Å². The number of benzene rings is 2. The number of amides is 2. The van der Waals surface area contributed by atoms with Crippen molar-refractivity contribution in [2.45, 2.75) is 11.6 Å². The summed E-state index contributed by atoms with van der Waals surface area (Å²) in [5.41, 5.74) is 0.935. The molecule has 0 fully saturated rings. The van der Waals surface area contributed by atoms with Crippen molar-refractivity contribution in [3.05, 3.63) is 67.9 Å². The number of nitrogens with one attached hydrogen (secondary N) is 2. The molecule has 0 radical (unpaired) electrons. The smallest absolute Gasteiger partial charge is 0.251 e. The number of carbonyl (C=O) groups excluding carboxylic acids is 2. The van der Waals surface area contributed by atoms with Gasteiger partial charge in [0.05, 0.1) is 15.8 Å². The Hall–Kier alpha value is -1.97. The van der Waals surface area contributed by atoms with Crippen LogP contribution in [0.1, 0.15) is 16.2 Å². The zero-order valence-electron chi connectivity index (χ0n) is 16.7. The zero-order chi connectivity index (χ0) is 23.3. The highest BCUT2D eigenvalue weighted by Gasteiger charge is 2.13. The molecule has 12 heteroatoms. The third-order valence-corrected chi connectivity index (χ3v) is 6.42. The predicted molar refractivity (Wildman–Crippen MR) is 129 cm³/mol. The first kappa shape index (κ1) is 24.7. The highest BCUT2D eigenvalue weighted by molar-refractivity contribution is 7.99. The van der Waals surface area contributed by atoms with Gasteiger partial charge in [-0.25, -0.2) is 0 Å². The van der Waals surface area contributed by atoms with Gasteiger partial charge in [-0.05, 0) is 36.4 Å². The molecule has 0 aliphatic rings. The monoisotopic (exact) mass is 531 g/mol. The third kappa shape index (κ3) is 6.76. The maximum Gasteiger partial charge on any atom is 0.251 e. The lowest BCUT2D eigenvalue weighted by atomic mass is 10.2. The molecule has 32 heavy (non-hydrogen) atoms. The highest BCUT2D eigenvalue weighted by atomic mass is 35.5. The first-order chi connectivity index (χ1) is 15.2. The Bertz CT molecular complexity index is 1130. The number of hydrogen-bond acceptors (Lipinski definition) is 5. The zero-order valence-corrected chi connectivity index (χ0v) is 20.5. The van der Waals surface area contributed by atoms with Crippen LogP contribution in [-0.2, 0) is 18.3 Å². The minimum atomic E-state index is -0.266. The fraction of sp³-hybridized carbons (Fsp3) is 0.200. The van der Waals surface area contributed by atoms with Crippen LogP contribution in [0.25, 0.3) is 0 Å². The van der Waals surface area contributed by atoms with Gasteiger partial charge in [0.2, 0.25) is 5.91 Å². The first-order valence-corrected chi connectivity index (χ1v) is 11.7. The summed E-state index contributed by atoms with van der Waals surface area (Å²) in [5.74, 6) is 0.304. The van der Waals surface area contributed by atoms with E-state index in [0.717, 1.165) is 0 Å². The van der Waals surface area contributed by atoms with Crippen LogP contribution in [0.3, 0.4) is 0 Å². The van der Waals surface area contributed by atoms with Crippen molar-refractivity contribution in [3.63, 3.8) is 0 Å². The van der Waals surface area contributed by atoms with Crippen molar-refractivity contribution in [2.24, 2.45) is 7.05 Å². The van der Waals surface area contributed by atoms with E-state index in [1.54, 1.807) is 41.9 Å². The SMILES string of the molecule is Cn1c(CCNC(=O)c2ccc(Cl)c(Cl)c2)nnc1SCC(=O)Nc1cc(Cl)cc(Cl)c1. The standard InChI is InChI=1S/C20H17Cl4N5O2S/c1-29-17(4-5-25-19(31)11-2-3-15(23)16(24)6-11)27-28-20(29)32-10-18(30)26-14-8-12(21)7-13(22)9-14/h2-3,6-9H,4-5,10H2,1H3,(H,25,31)(H,26,30). The summed E-state index contributed by atoms with van der Waals surface area (Å²) in [7, 11) is 1.80. The van der Waals surface area contributed by atoms with Gasteiger partial charge in [0, 0.05) is 41.3 Å². The molecule has 2 N–H and O–H groups in total. The summed E-state index contributed by atoms with van der Waals surface area (Å²) in [6, 6.07) is 9.50. The van der Waals surface area contributed by atoms with E-state index in [0.29, 0.717) is 55.3 Å². The Kier molecular flexibility index (Phi) is 8.67. The van der Waals surface area contributed by atoms with Gasteiger partial charge in [0.25, 0.3) is 5.91 Å². The molecule has 2 amide bonds. The molecule has 0 aliphatic heterocycles. The van der Waals surface area contributed by atoms with E-state index in [-0.39, 0.29) is 17.6 Å². The van der Waals surface area contributed by atoms with Crippen molar-refractivity contribution in [1.29, 1.82) is 0 Å². The molecular formula is C20H17Cl4N5O2S. The van der Waals surface area contributed by atoms with E-state index >= 15 is 0 Å². The van der Waals surface area contributed by atoms with E-state index in [9.17, 15) is 9.59 Å². The van der Waals surface area contributed by atoms with E-state index in [4.69, 9.17) is 46.4 Å². The summed E-state index contributed by atoms with van der Waals surface area (Å²) in [5, 5.41) is 15.9. The van der Waals surface area contributed by atoms with Gasteiger partial charge in [0.1, 0.15) is 5.82 Å². The number of carbonyl (C=O) groups is 2. The Labute approximate surface area is 208 Å². The molecule has 1 heterocycles. The largest absolute Gasteiger partial charge is 0.352 e. The van der Waals surface area contributed by atoms with Crippen molar-refractivity contribution < 1.29 is 9.59 Å². The van der Waals surface area contributed by atoms with Crippen LogP contribution in [0, 0.1) is 0 Å². The summed E-state index contributed by atoms with van der Waals surface area (Å²) >= 11 is 24.9. The van der Waals surface area contributed by atoms with Crippen molar-refractivity contribution in [1.82, 2.24) is 20.1 Å². The molecule has 0 unspecified atom stereocenters. The summed E-state index contributed by atoms with van der Waals surface area (Å²) in [4.78, 5) is 24.4. The molecule has 2 aromatic carbocycles. The van der Waals surface area contributed by atoms with Crippen LogP contribution in [0.4, 0.5) is 5.69 Å². The molecule has 7 nitrogen and oxygen atoms in total. The molecule has 0 atom stereocenters. The average Bonchev–Trinajstić information content (AvgIpc) is 3.07. The molecule has 0 aliphatic carbocycles. The highest BCUT2D eigenvalue weighted by Crippen LogP contribution is 2.24. The average molecular weight is 533 g/mol.